The first-order chi connectivity index (χ1) is 7.27. The minimum absolute atomic E-state index is 0.183. The van der Waals surface area contributed by atoms with Crippen LogP contribution in [0.1, 0.15) is 24.5 Å². The Balaban J connectivity index is 2.59. The Kier molecular flexibility index (Phi) is 4.84. The SMILES string of the molecule is CCCOC(=O)Cc1ccccc1CN. The molecule has 0 fully saturated rings. The normalized spacial score (nSPS) is 10.0. The fourth-order valence-electron chi connectivity index (χ4n) is 1.35. The van der Waals surface area contributed by atoms with Gasteiger partial charge in [0.1, 0.15) is 0 Å². The van der Waals surface area contributed by atoms with Gasteiger partial charge in [-0.1, -0.05) is 31.2 Å². The molecule has 0 heterocycles. The fraction of sp³-hybridized carbons (Fsp3) is 0.417. The molecule has 0 spiro atoms. The summed E-state index contributed by atoms with van der Waals surface area (Å²) < 4.78 is 5.01. The van der Waals surface area contributed by atoms with Crippen molar-refractivity contribution in [2.45, 2.75) is 26.3 Å². The van der Waals surface area contributed by atoms with Crippen molar-refractivity contribution in [2.75, 3.05) is 6.61 Å². The quantitative estimate of drug-likeness (QED) is 0.747. The van der Waals surface area contributed by atoms with Gasteiger partial charge in [0, 0.05) is 6.54 Å². The number of esters is 1. The summed E-state index contributed by atoms with van der Waals surface area (Å²) >= 11 is 0. The van der Waals surface area contributed by atoms with Gasteiger partial charge in [-0.05, 0) is 17.5 Å². The van der Waals surface area contributed by atoms with E-state index in [1.165, 1.54) is 0 Å². The lowest BCUT2D eigenvalue weighted by Gasteiger charge is -2.07. The molecule has 0 aliphatic heterocycles. The van der Waals surface area contributed by atoms with Crippen LogP contribution in [-0.4, -0.2) is 12.6 Å². The van der Waals surface area contributed by atoms with E-state index < -0.39 is 0 Å². The first-order valence-corrected chi connectivity index (χ1v) is 5.20. The van der Waals surface area contributed by atoms with Crippen LogP contribution in [0.2, 0.25) is 0 Å². The Morgan fingerprint density at radius 2 is 2.00 bits per heavy atom. The predicted octanol–water partition coefficient (Wildman–Crippen LogP) is 1.64. The molecule has 0 saturated carbocycles. The lowest BCUT2D eigenvalue weighted by molar-refractivity contribution is -0.142. The number of benzene rings is 1. The average molecular weight is 207 g/mol. The van der Waals surface area contributed by atoms with E-state index in [0.29, 0.717) is 19.6 Å². The van der Waals surface area contributed by atoms with Crippen molar-refractivity contribution in [1.29, 1.82) is 0 Å². The number of nitrogens with two attached hydrogens (primary N) is 1. The Bertz CT molecular complexity index is 323. The van der Waals surface area contributed by atoms with Gasteiger partial charge in [0.05, 0.1) is 13.0 Å². The zero-order valence-corrected chi connectivity index (χ0v) is 9.03. The van der Waals surface area contributed by atoms with E-state index in [2.05, 4.69) is 0 Å². The van der Waals surface area contributed by atoms with Crippen molar-refractivity contribution >= 4 is 5.97 Å². The Labute approximate surface area is 90.2 Å². The monoisotopic (exact) mass is 207 g/mol. The van der Waals surface area contributed by atoms with E-state index in [4.69, 9.17) is 10.5 Å². The summed E-state index contributed by atoms with van der Waals surface area (Å²) in [7, 11) is 0. The zero-order chi connectivity index (χ0) is 11.1. The molecule has 82 valence electrons. The van der Waals surface area contributed by atoms with Crippen LogP contribution >= 0.6 is 0 Å². The molecule has 0 aliphatic rings. The van der Waals surface area contributed by atoms with Crippen molar-refractivity contribution in [3.05, 3.63) is 35.4 Å². The molecule has 0 saturated heterocycles. The number of carbonyl (C=O) groups excluding carboxylic acids is 1. The molecule has 3 heteroatoms. The molecule has 1 aromatic rings. The smallest absolute Gasteiger partial charge is 0.310 e. The summed E-state index contributed by atoms with van der Waals surface area (Å²) in [6, 6.07) is 7.67. The lowest BCUT2D eigenvalue weighted by Crippen LogP contribution is -2.11. The summed E-state index contributed by atoms with van der Waals surface area (Å²) in [6.45, 7) is 2.92. The van der Waals surface area contributed by atoms with Gasteiger partial charge in [0.25, 0.3) is 0 Å². The molecule has 0 amide bonds. The van der Waals surface area contributed by atoms with Gasteiger partial charge < -0.3 is 10.5 Å². The van der Waals surface area contributed by atoms with Crippen LogP contribution in [0.25, 0.3) is 0 Å². The maximum Gasteiger partial charge on any atom is 0.310 e. The lowest BCUT2D eigenvalue weighted by atomic mass is 10.1. The van der Waals surface area contributed by atoms with Crippen LogP contribution in [0.5, 0.6) is 0 Å². The van der Waals surface area contributed by atoms with E-state index in [1.807, 2.05) is 31.2 Å². The van der Waals surface area contributed by atoms with E-state index in [1.54, 1.807) is 0 Å². The van der Waals surface area contributed by atoms with Gasteiger partial charge >= 0.3 is 5.97 Å². The first kappa shape index (κ1) is 11.7. The molecule has 1 rings (SSSR count). The molecule has 1 aromatic carbocycles. The second kappa shape index (κ2) is 6.19. The topological polar surface area (TPSA) is 52.3 Å². The minimum Gasteiger partial charge on any atom is -0.465 e. The zero-order valence-electron chi connectivity index (χ0n) is 9.03. The molecule has 15 heavy (non-hydrogen) atoms. The predicted molar refractivity (Wildman–Crippen MR) is 59.3 cm³/mol. The number of carbonyl (C=O) groups is 1. The molecule has 2 N–H and O–H groups in total. The first-order valence-electron chi connectivity index (χ1n) is 5.20. The van der Waals surface area contributed by atoms with Crippen molar-refractivity contribution in [2.24, 2.45) is 5.73 Å². The van der Waals surface area contributed by atoms with Gasteiger partial charge in [-0.3, -0.25) is 4.79 Å². The number of hydrogen-bond acceptors (Lipinski definition) is 3. The van der Waals surface area contributed by atoms with Crippen molar-refractivity contribution in [3.63, 3.8) is 0 Å². The third-order valence-electron chi connectivity index (χ3n) is 2.14. The summed E-state index contributed by atoms with van der Waals surface area (Å²) in [4.78, 5) is 11.4. The van der Waals surface area contributed by atoms with Gasteiger partial charge in [-0.25, -0.2) is 0 Å². The molecule has 0 bridgehead atoms. The standard InChI is InChI=1S/C12H17NO2/c1-2-7-15-12(14)8-10-5-3-4-6-11(10)9-13/h3-6H,2,7-9,13H2,1H3. The van der Waals surface area contributed by atoms with Crippen LogP contribution < -0.4 is 5.73 Å². The van der Waals surface area contributed by atoms with Crippen LogP contribution in [0.4, 0.5) is 0 Å². The fourth-order valence-corrected chi connectivity index (χ4v) is 1.35. The molecule has 0 radical (unpaired) electrons. The van der Waals surface area contributed by atoms with Crippen LogP contribution in [0, 0.1) is 0 Å². The highest BCUT2D eigenvalue weighted by Crippen LogP contribution is 2.09. The van der Waals surface area contributed by atoms with Crippen LogP contribution in [-0.2, 0) is 22.5 Å². The number of hydrogen-bond donors (Lipinski definition) is 1. The van der Waals surface area contributed by atoms with Crippen molar-refractivity contribution in [3.8, 4) is 0 Å². The maximum atomic E-state index is 11.4. The summed E-state index contributed by atoms with van der Waals surface area (Å²) in [5.74, 6) is -0.183. The van der Waals surface area contributed by atoms with E-state index in [0.717, 1.165) is 17.5 Å². The summed E-state index contributed by atoms with van der Waals surface area (Å²) in [5.41, 5.74) is 7.54. The van der Waals surface area contributed by atoms with Gasteiger partial charge in [-0.15, -0.1) is 0 Å². The second-order valence-electron chi connectivity index (χ2n) is 3.37. The molecular formula is C12H17NO2. The van der Waals surface area contributed by atoms with E-state index in [-0.39, 0.29) is 5.97 Å². The highest BCUT2D eigenvalue weighted by atomic mass is 16.5. The highest BCUT2D eigenvalue weighted by molar-refractivity contribution is 5.73. The highest BCUT2D eigenvalue weighted by Gasteiger charge is 2.07. The number of rotatable bonds is 5. The van der Waals surface area contributed by atoms with Crippen molar-refractivity contribution in [1.82, 2.24) is 0 Å². The van der Waals surface area contributed by atoms with Gasteiger partial charge in [0.15, 0.2) is 0 Å². The minimum atomic E-state index is -0.183. The largest absolute Gasteiger partial charge is 0.465 e. The van der Waals surface area contributed by atoms with Crippen molar-refractivity contribution < 1.29 is 9.53 Å². The number of ether oxygens (including phenoxy) is 1. The summed E-state index contributed by atoms with van der Waals surface area (Å²) in [6.07, 6.45) is 1.16. The molecule has 0 aliphatic carbocycles. The molecule has 0 unspecified atom stereocenters. The third kappa shape index (κ3) is 3.72. The third-order valence-corrected chi connectivity index (χ3v) is 2.14. The van der Waals surface area contributed by atoms with Crippen LogP contribution in [0.3, 0.4) is 0 Å². The Hall–Kier alpha value is -1.35. The molecule has 3 nitrogen and oxygen atoms in total. The van der Waals surface area contributed by atoms with E-state index in [9.17, 15) is 4.79 Å². The van der Waals surface area contributed by atoms with Gasteiger partial charge in [-0.2, -0.15) is 0 Å². The average Bonchev–Trinajstić information content (AvgIpc) is 2.27. The molecular weight excluding hydrogens is 190 g/mol. The Morgan fingerprint density at radius 3 is 2.60 bits per heavy atom. The van der Waals surface area contributed by atoms with Crippen LogP contribution in [0.15, 0.2) is 24.3 Å². The maximum absolute atomic E-state index is 11.4. The second-order valence-corrected chi connectivity index (χ2v) is 3.37. The molecule has 0 aromatic heterocycles. The van der Waals surface area contributed by atoms with Gasteiger partial charge in [0.2, 0.25) is 0 Å². The summed E-state index contributed by atoms with van der Waals surface area (Å²) in [5, 5.41) is 0. The molecule has 0 atom stereocenters. The Morgan fingerprint density at radius 1 is 1.33 bits per heavy atom. The van der Waals surface area contributed by atoms with E-state index >= 15 is 0 Å².